The van der Waals surface area contributed by atoms with E-state index in [1.807, 2.05) is 17.1 Å². The normalized spacial score (nSPS) is 11.6. The van der Waals surface area contributed by atoms with Crippen molar-refractivity contribution in [2.24, 2.45) is 0 Å². The van der Waals surface area contributed by atoms with Gasteiger partial charge in [0, 0.05) is 27.9 Å². The highest BCUT2D eigenvalue weighted by atomic mass is 28.1. The standard InChI is InChI=1S/C9H13N3Si/c1-6(2)12-9-7(5-11-12)8(13)3-4-10-9/h3-6H,1-2,13H3. The molecule has 3 nitrogen and oxygen atoms in total. The number of pyridine rings is 1. The fraction of sp³-hybridized carbons (Fsp3) is 0.333. The maximum Gasteiger partial charge on any atom is 0.157 e. The molecule has 0 saturated carbocycles. The Kier molecular flexibility index (Phi) is 1.92. The summed E-state index contributed by atoms with van der Waals surface area (Å²) in [5, 5.41) is 6.92. The first-order valence-corrected chi connectivity index (χ1v) is 5.49. The van der Waals surface area contributed by atoms with Crippen molar-refractivity contribution >= 4 is 26.5 Å². The first-order chi connectivity index (χ1) is 6.20. The smallest absolute Gasteiger partial charge is 0.157 e. The van der Waals surface area contributed by atoms with E-state index in [9.17, 15) is 0 Å². The summed E-state index contributed by atoms with van der Waals surface area (Å²) < 4.78 is 1.97. The van der Waals surface area contributed by atoms with Gasteiger partial charge in [-0.25, -0.2) is 9.67 Å². The van der Waals surface area contributed by atoms with Gasteiger partial charge >= 0.3 is 0 Å². The van der Waals surface area contributed by atoms with Crippen LogP contribution >= 0.6 is 0 Å². The van der Waals surface area contributed by atoms with E-state index < -0.39 is 0 Å². The van der Waals surface area contributed by atoms with Gasteiger partial charge in [0.25, 0.3) is 0 Å². The molecule has 0 saturated heterocycles. The van der Waals surface area contributed by atoms with Crippen molar-refractivity contribution in [3.63, 3.8) is 0 Å². The highest BCUT2D eigenvalue weighted by Gasteiger charge is 2.07. The molecule has 0 atom stereocenters. The van der Waals surface area contributed by atoms with Crippen molar-refractivity contribution in [3.8, 4) is 0 Å². The minimum atomic E-state index is 0.383. The lowest BCUT2D eigenvalue weighted by Crippen LogP contribution is -2.06. The molecule has 0 radical (unpaired) electrons. The highest BCUT2D eigenvalue weighted by molar-refractivity contribution is 6.38. The first-order valence-electron chi connectivity index (χ1n) is 4.49. The molecule has 0 spiro atoms. The summed E-state index contributed by atoms with van der Waals surface area (Å²) in [6.45, 7) is 4.24. The monoisotopic (exact) mass is 191 g/mol. The Morgan fingerprint density at radius 2 is 2.23 bits per heavy atom. The van der Waals surface area contributed by atoms with Crippen LogP contribution < -0.4 is 5.19 Å². The van der Waals surface area contributed by atoms with E-state index in [4.69, 9.17) is 0 Å². The van der Waals surface area contributed by atoms with E-state index in [1.165, 1.54) is 10.6 Å². The van der Waals surface area contributed by atoms with Crippen LogP contribution in [0.3, 0.4) is 0 Å². The van der Waals surface area contributed by atoms with Gasteiger partial charge in [-0.1, -0.05) is 5.19 Å². The molecular formula is C9H13N3Si. The van der Waals surface area contributed by atoms with E-state index in [0.29, 0.717) is 6.04 Å². The zero-order valence-corrected chi connectivity index (χ0v) is 10.2. The van der Waals surface area contributed by atoms with Gasteiger partial charge in [0.15, 0.2) is 5.65 Å². The van der Waals surface area contributed by atoms with Gasteiger partial charge in [-0.05, 0) is 19.9 Å². The molecule has 2 aromatic rings. The number of fused-ring (bicyclic) bond motifs is 1. The van der Waals surface area contributed by atoms with Crippen molar-refractivity contribution in [1.29, 1.82) is 0 Å². The van der Waals surface area contributed by atoms with E-state index >= 15 is 0 Å². The Morgan fingerprint density at radius 1 is 1.46 bits per heavy atom. The first kappa shape index (κ1) is 8.44. The summed E-state index contributed by atoms with van der Waals surface area (Å²) in [6.07, 6.45) is 3.79. The summed E-state index contributed by atoms with van der Waals surface area (Å²) in [6, 6.07) is 2.45. The second kappa shape index (κ2) is 2.96. The molecule has 13 heavy (non-hydrogen) atoms. The lowest BCUT2D eigenvalue weighted by atomic mass is 10.3. The summed E-state index contributed by atoms with van der Waals surface area (Å²) in [7, 11) is 1.05. The minimum absolute atomic E-state index is 0.383. The van der Waals surface area contributed by atoms with Crippen LogP contribution in [0.5, 0.6) is 0 Å². The molecule has 0 aromatic carbocycles. The van der Waals surface area contributed by atoms with Crippen LogP contribution in [-0.4, -0.2) is 25.0 Å². The van der Waals surface area contributed by atoms with Crippen LogP contribution in [0, 0.1) is 0 Å². The van der Waals surface area contributed by atoms with Crippen LogP contribution in [0.2, 0.25) is 0 Å². The van der Waals surface area contributed by atoms with E-state index in [2.05, 4.69) is 30.0 Å². The van der Waals surface area contributed by atoms with Gasteiger partial charge in [0.2, 0.25) is 0 Å². The Labute approximate surface area is 80.2 Å². The summed E-state index contributed by atoms with van der Waals surface area (Å²) in [5.74, 6) is 0. The lowest BCUT2D eigenvalue weighted by molar-refractivity contribution is 0.546. The van der Waals surface area contributed by atoms with Gasteiger partial charge in [-0.2, -0.15) is 5.10 Å². The quantitative estimate of drug-likeness (QED) is 0.594. The van der Waals surface area contributed by atoms with Crippen molar-refractivity contribution in [1.82, 2.24) is 14.8 Å². The third-order valence-electron chi connectivity index (χ3n) is 2.20. The van der Waals surface area contributed by atoms with Crippen molar-refractivity contribution < 1.29 is 0 Å². The molecule has 2 aromatic heterocycles. The molecule has 0 amide bonds. The molecule has 0 fully saturated rings. The molecule has 0 aliphatic rings. The summed E-state index contributed by atoms with van der Waals surface area (Å²) >= 11 is 0. The van der Waals surface area contributed by atoms with Gasteiger partial charge < -0.3 is 0 Å². The Morgan fingerprint density at radius 3 is 2.92 bits per heavy atom. The van der Waals surface area contributed by atoms with E-state index in [-0.39, 0.29) is 0 Å². The lowest BCUT2D eigenvalue weighted by Gasteiger charge is -2.05. The molecule has 0 N–H and O–H groups in total. The molecule has 2 heterocycles. The largest absolute Gasteiger partial charge is 0.245 e. The van der Waals surface area contributed by atoms with Crippen LogP contribution in [0.15, 0.2) is 18.5 Å². The fourth-order valence-corrected chi connectivity index (χ4v) is 1.95. The van der Waals surface area contributed by atoms with E-state index in [1.54, 1.807) is 0 Å². The topological polar surface area (TPSA) is 30.7 Å². The summed E-state index contributed by atoms with van der Waals surface area (Å²) in [4.78, 5) is 4.35. The third-order valence-corrected chi connectivity index (χ3v) is 3.08. The zero-order valence-electron chi connectivity index (χ0n) is 8.15. The van der Waals surface area contributed by atoms with Gasteiger partial charge in [0.1, 0.15) is 0 Å². The number of hydrogen-bond donors (Lipinski definition) is 0. The minimum Gasteiger partial charge on any atom is -0.245 e. The number of rotatable bonds is 1. The summed E-state index contributed by atoms with van der Waals surface area (Å²) in [5.41, 5.74) is 1.02. The Bertz CT molecular complexity index is 433. The van der Waals surface area contributed by atoms with Crippen LogP contribution in [0.4, 0.5) is 0 Å². The van der Waals surface area contributed by atoms with Crippen LogP contribution in [-0.2, 0) is 0 Å². The molecule has 0 aliphatic heterocycles. The molecule has 0 unspecified atom stereocenters. The predicted molar refractivity (Wildman–Crippen MR) is 57.5 cm³/mol. The maximum atomic E-state index is 4.35. The SMILES string of the molecule is CC(C)n1ncc2c([SiH3])ccnc21. The van der Waals surface area contributed by atoms with Gasteiger partial charge in [-0.3, -0.25) is 0 Å². The Hall–Kier alpha value is -1.16. The molecule has 4 heteroatoms. The van der Waals surface area contributed by atoms with E-state index in [0.717, 1.165) is 15.9 Å². The second-order valence-corrected chi connectivity index (χ2v) is 4.63. The molecular weight excluding hydrogens is 178 g/mol. The molecule has 2 rings (SSSR count). The zero-order chi connectivity index (χ0) is 9.42. The second-order valence-electron chi connectivity index (χ2n) is 3.55. The number of aromatic nitrogens is 3. The highest BCUT2D eigenvalue weighted by Crippen LogP contribution is 2.12. The van der Waals surface area contributed by atoms with Crippen molar-refractivity contribution in [2.45, 2.75) is 19.9 Å². The number of nitrogens with zero attached hydrogens (tertiary/aromatic N) is 3. The molecule has 0 aliphatic carbocycles. The third kappa shape index (κ3) is 1.27. The maximum absolute atomic E-state index is 4.35. The fourth-order valence-electron chi connectivity index (χ4n) is 1.45. The average molecular weight is 191 g/mol. The Balaban J connectivity index is 2.75. The van der Waals surface area contributed by atoms with Gasteiger partial charge in [-0.15, -0.1) is 0 Å². The van der Waals surface area contributed by atoms with Crippen LogP contribution in [0.25, 0.3) is 11.0 Å². The molecule has 0 bridgehead atoms. The van der Waals surface area contributed by atoms with Crippen LogP contribution in [0.1, 0.15) is 19.9 Å². The molecule has 68 valence electrons. The number of hydrogen-bond acceptors (Lipinski definition) is 2. The average Bonchev–Trinajstić information content (AvgIpc) is 2.48. The van der Waals surface area contributed by atoms with Crippen molar-refractivity contribution in [3.05, 3.63) is 18.5 Å². The predicted octanol–water partition coefficient (Wildman–Crippen LogP) is 0.00290. The van der Waals surface area contributed by atoms with Crippen molar-refractivity contribution in [2.75, 3.05) is 0 Å². The van der Waals surface area contributed by atoms with Gasteiger partial charge in [0.05, 0.1) is 6.20 Å².